The van der Waals surface area contributed by atoms with Crippen molar-refractivity contribution in [1.82, 2.24) is 9.88 Å². The molecule has 102 valence electrons. The number of hydrogen-bond acceptors (Lipinski definition) is 5. The van der Waals surface area contributed by atoms with Crippen molar-refractivity contribution in [2.45, 2.75) is 6.42 Å². The minimum atomic E-state index is 0.757. The summed E-state index contributed by atoms with van der Waals surface area (Å²) in [6, 6.07) is 5.92. The third-order valence-electron chi connectivity index (χ3n) is 3.75. The zero-order valence-corrected chi connectivity index (χ0v) is 12.3. The molecule has 1 aromatic heterocycles. The molecular formula is C14H20N4S. The van der Waals surface area contributed by atoms with Crippen molar-refractivity contribution < 1.29 is 0 Å². The number of rotatable bonds is 3. The van der Waals surface area contributed by atoms with E-state index in [1.54, 1.807) is 11.3 Å². The summed E-state index contributed by atoms with van der Waals surface area (Å²) in [6.45, 7) is 3.50. The first-order valence-corrected chi connectivity index (χ1v) is 7.49. The van der Waals surface area contributed by atoms with Crippen molar-refractivity contribution in [3.63, 3.8) is 0 Å². The van der Waals surface area contributed by atoms with Crippen LogP contribution in [-0.2, 0) is 0 Å². The Hall–Kier alpha value is -1.33. The molecule has 0 amide bonds. The lowest BCUT2D eigenvalue weighted by Crippen LogP contribution is -2.27. The number of nitrogens with two attached hydrogens (primary N) is 1. The van der Waals surface area contributed by atoms with Gasteiger partial charge in [-0.25, -0.2) is 4.98 Å². The summed E-state index contributed by atoms with van der Waals surface area (Å²) in [5, 5.41) is 1.09. The summed E-state index contributed by atoms with van der Waals surface area (Å²) in [6.07, 6.45) is 1.29. The van der Waals surface area contributed by atoms with Gasteiger partial charge in [-0.3, -0.25) is 0 Å². The minimum absolute atomic E-state index is 0.757. The maximum atomic E-state index is 5.82. The van der Waals surface area contributed by atoms with E-state index in [4.69, 9.17) is 10.7 Å². The molecule has 1 fully saturated rings. The maximum absolute atomic E-state index is 5.82. The molecule has 1 aliphatic heterocycles. The summed E-state index contributed by atoms with van der Waals surface area (Å²) in [5.41, 5.74) is 7.67. The van der Waals surface area contributed by atoms with Gasteiger partial charge < -0.3 is 15.5 Å². The SMILES string of the molecule is CN1CCC(CN(C)c2nc3ccc(N)cc3s2)C1. The van der Waals surface area contributed by atoms with E-state index in [1.165, 1.54) is 24.2 Å². The topological polar surface area (TPSA) is 45.4 Å². The number of benzene rings is 1. The predicted molar refractivity (Wildman–Crippen MR) is 82.9 cm³/mol. The minimum Gasteiger partial charge on any atom is -0.399 e. The fraction of sp³-hybridized carbons (Fsp3) is 0.500. The normalized spacial score (nSPS) is 20.2. The van der Waals surface area contributed by atoms with Crippen LogP contribution in [-0.4, -0.2) is 43.6 Å². The number of fused-ring (bicyclic) bond motifs is 1. The molecule has 3 rings (SSSR count). The summed E-state index contributed by atoms with van der Waals surface area (Å²) < 4.78 is 1.17. The van der Waals surface area contributed by atoms with Gasteiger partial charge in [0.15, 0.2) is 5.13 Å². The molecular weight excluding hydrogens is 256 g/mol. The van der Waals surface area contributed by atoms with Crippen LogP contribution >= 0.6 is 11.3 Å². The Labute approximate surface area is 117 Å². The number of hydrogen-bond donors (Lipinski definition) is 1. The molecule has 0 aliphatic carbocycles. The van der Waals surface area contributed by atoms with Gasteiger partial charge >= 0.3 is 0 Å². The fourth-order valence-electron chi connectivity index (χ4n) is 2.73. The Bertz CT molecular complexity index is 580. The predicted octanol–water partition coefficient (Wildman–Crippen LogP) is 2.27. The van der Waals surface area contributed by atoms with Crippen molar-refractivity contribution in [2.75, 3.05) is 44.4 Å². The number of nitrogens with zero attached hydrogens (tertiary/aromatic N) is 3. The fourth-order valence-corrected chi connectivity index (χ4v) is 3.72. The van der Waals surface area contributed by atoms with Crippen LogP contribution in [0.25, 0.3) is 10.2 Å². The molecule has 2 aromatic rings. The number of anilines is 2. The summed E-state index contributed by atoms with van der Waals surface area (Å²) in [4.78, 5) is 9.37. The largest absolute Gasteiger partial charge is 0.399 e. The van der Waals surface area contributed by atoms with Crippen LogP contribution in [0.15, 0.2) is 18.2 Å². The molecule has 0 spiro atoms. The molecule has 1 unspecified atom stereocenters. The quantitative estimate of drug-likeness (QED) is 0.874. The molecule has 1 aliphatic rings. The van der Waals surface area contributed by atoms with Crippen molar-refractivity contribution in [2.24, 2.45) is 5.92 Å². The average molecular weight is 276 g/mol. The molecule has 4 nitrogen and oxygen atoms in total. The van der Waals surface area contributed by atoms with Crippen LogP contribution in [0, 0.1) is 5.92 Å². The number of likely N-dealkylation sites (tertiary alicyclic amines) is 1. The van der Waals surface area contributed by atoms with Gasteiger partial charge in [0.1, 0.15) is 0 Å². The van der Waals surface area contributed by atoms with E-state index in [-0.39, 0.29) is 0 Å². The Morgan fingerprint density at radius 3 is 3.11 bits per heavy atom. The van der Waals surface area contributed by atoms with Gasteiger partial charge in [0.05, 0.1) is 10.2 Å². The lowest BCUT2D eigenvalue weighted by molar-refractivity contribution is 0.396. The van der Waals surface area contributed by atoms with E-state index in [1.807, 2.05) is 18.2 Å². The number of thiazole rings is 1. The highest BCUT2D eigenvalue weighted by Crippen LogP contribution is 2.30. The second kappa shape index (κ2) is 4.98. The maximum Gasteiger partial charge on any atom is 0.186 e. The van der Waals surface area contributed by atoms with E-state index in [0.29, 0.717) is 0 Å². The van der Waals surface area contributed by atoms with E-state index in [0.717, 1.165) is 28.8 Å². The first-order valence-electron chi connectivity index (χ1n) is 6.67. The van der Waals surface area contributed by atoms with Gasteiger partial charge in [-0.2, -0.15) is 0 Å². The van der Waals surface area contributed by atoms with E-state index in [9.17, 15) is 0 Å². The molecule has 0 radical (unpaired) electrons. The van der Waals surface area contributed by atoms with Crippen LogP contribution in [0.1, 0.15) is 6.42 Å². The van der Waals surface area contributed by atoms with Crippen molar-refractivity contribution in [3.8, 4) is 0 Å². The summed E-state index contributed by atoms with van der Waals surface area (Å²) in [7, 11) is 4.33. The smallest absolute Gasteiger partial charge is 0.186 e. The van der Waals surface area contributed by atoms with Crippen LogP contribution in [0.2, 0.25) is 0 Å². The number of aromatic nitrogens is 1. The zero-order chi connectivity index (χ0) is 13.4. The van der Waals surface area contributed by atoms with E-state index < -0.39 is 0 Å². The summed E-state index contributed by atoms with van der Waals surface area (Å²) >= 11 is 1.72. The van der Waals surface area contributed by atoms with Crippen molar-refractivity contribution >= 4 is 32.4 Å². The highest BCUT2D eigenvalue weighted by molar-refractivity contribution is 7.22. The third kappa shape index (κ3) is 2.67. The number of nitrogen functional groups attached to an aromatic ring is 1. The Kier molecular flexibility index (Phi) is 3.33. The first kappa shape index (κ1) is 12.7. The Morgan fingerprint density at radius 1 is 1.53 bits per heavy atom. The Morgan fingerprint density at radius 2 is 2.37 bits per heavy atom. The zero-order valence-electron chi connectivity index (χ0n) is 11.5. The molecule has 5 heteroatoms. The monoisotopic (exact) mass is 276 g/mol. The molecule has 0 saturated carbocycles. The van der Waals surface area contributed by atoms with E-state index >= 15 is 0 Å². The molecule has 2 heterocycles. The lowest BCUT2D eigenvalue weighted by Gasteiger charge is -2.20. The molecule has 1 aromatic carbocycles. The third-order valence-corrected chi connectivity index (χ3v) is 4.88. The molecule has 0 bridgehead atoms. The van der Waals surface area contributed by atoms with E-state index in [2.05, 4.69) is 23.9 Å². The molecule has 19 heavy (non-hydrogen) atoms. The highest BCUT2D eigenvalue weighted by Gasteiger charge is 2.21. The lowest BCUT2D eigenvalue weighted by atomic mass is 10.1. The van der Waals surface area contributed by atoms with Gasteiger partial charge in [0.25, 0.3) is 0 Å². The first-order chi connectivity index (χ1) is 9.11. The van der Waals surface area contributed by atoms with Crippen molar-refractivity contribution in [1.29, 1.82) is 0 Å². The van der Waals surface area contributed by atoms with Crippen LogP contribution in [0.5, 0.6) is 0 Å². The second-order valence-corrected chi connectivity index (χ2v) is 6.53. The van der Waals surface area contributed by atoms with Crippen molar-refractivity contribution in [3.05, 3.63) is 18.2 Å². The van der Waals surface area contributed by atoms with Crippen LogP contribution in [0.3, 0.4) is 0 Å². The van der Waals surface area contributed by atoms with Gasteiger partial charge in [-0.1, -0.05) is 11.3 Å². The van der Waals surface area contributed by atoms with Gasteiger partial charge in [0.2, 0.25) is 0 Å². The molecule has 1 atom stereocenters. The van der Waals surface area contributed by atoms with Crippen LogP contribution in [0.4, 0.5) is 10.8 Å². The molecule has 2 N–H and O–H groups in total. The van der Waals surface area contributed by atoms with Gasteiger partial charge in [0, 0.05) is 25.8 Å². The van der Waals surface area contributed by atoms with Gasteiger partial charge in [-0.15, -0.1) is 0 Å². The standard InChI is InChI=1S/C14H20N4S/c1-17-6-5-10(8-17)9-18(2)14-16-12-4-3-11(15)7-13(12)19-14/h3-4,7,10H,5-6,8-9,15H2,1-2H3. The summed E-state index contributed by atoms with van der Waals surface area (Å²) in [5.74, 6) is 0.757. The highest BCUT2D eigenvalue weighted by atomic mass is 32.1. The average Bonchev–Trinajstić information content (AvgIpc) is 2.95. The second-order valence-electron chi connectivity index (χ2n) is 5.52. The van der Waals surface area contributed by atoms with Gasteiger partial charge in [-0.05, 0) is 44.1 Å². The Balaban J connectivity index is 1.75. The molecule has 1 saturated heterocycles. The van der Waals surface area contributed by atoms with Crippen LogP contribution < -0.4 is 10.6 Å².